The SMILES string of the molecule is CCc1ccc(C(NC)c2cnn(C)c2C)cc1. The number of benzene rings is 1. The molecular formula is C15H21N3. The third kappa shape index (κ3) is 2.31. The van der Waals surface area contributed by atoms with Crippen LogP contribution in [0.1, 0.15) is 35.3 Å². The average Bonchev–Trinajstić information content (AvgIpc) is 2.73. The minimum atomic E-state index is 0.213. The Bertz CT molecular complexity index is 511. The van der Waals surface area contributed by atoms with Crippen molar-refractivity contribution in [1.29, 1.82) is 0 Å². The first kappa shape index (κ1) is 12.8. The lowest BCUT2D eigenvalue weighted by Crippen LogP contribution is -2.18. The zero-order valence-electron chi connectivity index (χ0n) is 11.6. The number of hydrogen-bond donors (Lipinski definition) is 1. The highest BCUT2D eigenvalue weighted by atomic mass is 15.3. The van der Waals surface area contributed by atoms with Gasteiger partial charge in [-0.15, -0.1) is 0 Å². The van der Waals surface area contributed by atoms with Gasteiger partial charge in [0.15, 0.2) is 0 Å². The highest BCUT2D eigenvalue weighted by Crippen LogP contribution is 2.24. The van der Waals surface area contributed by atoms with Crippen molar-refractivity contribution >= 4 is 0 Å². The maximum atomic E-state index is 4.32. The number of nitrogens with zero attached hydrogens (tertiary/aromatic N) is 2. The standard InChI is InChI=1S/C15H21N3/c1-5-12-6-8-13(9-7-12)15(16-3)14-10-17-18(4)11(14)2/h6-10,15-16H,5H2,1-4H3. The summed E-state index contributed by atoms with van der Waals surface area (Å²) in [6.07, 6.45) is 3.03. The molecule has 18 heavy (non-hydrogen) atoms. The summed E-state index contributed by atoms with van der Waals surface area (Å²) in [5.74, 6) is 0. The van der Waals surface area contributed by atoms with Gasteiger partial charge in [0.1, 0.15) is 0 Å². The fourth-order valence-corrected chi connectivity index (χ4v) is 2.25. The molecule has 2 rings (SSSR count). The lowest BCUT2D eigenvalue weighted by atomic mass is 9.98. The van der Waals surface area contributed by atoms with Crippen LogP contribution in [-0.4, -0.2) is 16.8 Å². The van der Waals surface area contributed by atoms with Crippen LogP contribution in [0, 0.1) is 6.92 Å². The second kappa shape index (κ2) is 5.36. The molecule has 1 heterocycles. The van der Waals surface area contributed by atoms with E-state index in [1.807, 2.05) is 25.0 Å². The molecule has 0 aliphatic rings. The summed E-state index contributed by atoms with van der Waals surface area (Å²) in [5, 5.41) is 7.69. The predicted octanol–water partition coefficient (Wildman–Crippen LogP) is 2.60. The third-order valence-corrected chi connectivity index (χ3v) is 3.59. The molecule has 0 saturated carbocycles. The molecule has 0 aliphatic heterocycles. The normalized spacial score (nSPS) is 12.7. The van der Waals surface area contributed by atoms with Crippen molar-refractivity contribution in [3.63, 3.8) is 0 Å². The Kier molecular flexibility index (Phi) is 3.82. The lowest BCUT2D eigenvalue weighted by molar-refractivity contribution is 0.679. The van der Waals surface area contributed by atoms with Crippen LogP contribution >= 0.6 is 0 Å². The number of hydrogen-bond acceptors (Lipinski definition) is 2. The minimum absolute atomic E-state index is 0.213. The Hall–Kier alpha value is -1.61. The molecule has 1 atom stereocenters. The van der Waals surface area contributed by atoms with Crippen molar-refractivity contribution in [2.45, 2.75) is 26.3 Å². The van der Waals surface area contributed by atoms with Gasteiger partial charge < -0.3 is 5.32 Å². The van der Waals surface area contributed by atoms with Crippen LogP contribution in [0.3, 0.4) is 0 Å². The maximum Gasteiger partial charge on any atom is 0.0608 e. The summed E-state index contributed by atoms with van der Waals surface area (Å²) < 4.78 is 1.92. The van der Waals surface area contributed by atoms with Crippen LogP contribution < -0.4 is 5.32 Å². The fourth-order valence-electron chi connectivity index (χ4n) is 2.25. The van der Waals surface area contributed by atoms with E-state index in [2.05, 4.69) is 48.5 Å². The second-order valence-electron chi connectivity index (χ2n) is 4.63. The zero-order valence-corrected chi connectivity index (χ0v) is 11.6. The number of nitrogens with one attached hydrogen (secondary N) is 1. The molecule has 0 saturated heterocycles. The number of aromatic nitrogens is 2. The van der Waals surface area contributed by atoms with Crippen molar-refractivity contribution in [1.82, 2.24) is 15.1 Å². The van der Waals surface area contributed by atoms with Crippen molar-refractivity contribution in [2.24, 2.45) is 7.05 Å². The summed E-state index contributed by atoms with van der Waals surface area (Å²) in [6, 6.07) is 9.01. The molecule has 1 N–H and O–H groups in total. The van der Waals surface area contributed by atoms with Gasteiger partial charge in [0.2, 0.25) is 0 Å². The van der Waals surface area contributed by atoms with Gasteiger partial charge in [-0.1, -0.05) is 31.2 Å². The first-order chi connectivity index (χ1) is 8.67. The summed E-state index contributed by atoms with van der Waals surface area (Å²) >= 11 is 0. The average molecular weight is 243 g/mol. The van der Waals surface area contributed by atoms with Crippen LogP contribution in [0.15, 0.2) is 30.5 Å². The van der Waals surface area contributed by atoms with Gasteiger partial charge in [-0.3, -0.25) is 4.68 Å². The van der Waals surface area contributed by atoms with E-state index in [-0.39, 0.29) is 6.04 Å². The van der Waals surface area contributed by atoms with Gasteiger partial charge in [0.05, 0.1) is 12.2 Å². The van der Waals surface area contributed by atoms with Crippen LogP contribution in [0.2, 0.25) is 0 Å². The van der Waals surface area contributed by atoms with Gasteiger partial charge in [-0.2, -0.15) is 5.10 Å². The van der Waals surface area contributed by atoms with Crippen molar-refractivity contribution in [2.75, 3.05) is 7.05 Å². The third-order valence-electron chi connectivity index (χ3n) is 3.59. The van der Waals surface area contributed by atoms with Gasteiger partial charge in [-0.25, -0.2) is 0 Å². The molecule has 2 aromatic rings. The molecule has 3 heteroatoms. The van der Waals surface area contributed by atoms with Crippen molar-refractivity contribution in [3.8, 4) is 0 Å². The van der Waals surface area contributed by atoms with Crippen LogP contribution in [0.4, 0.5) is 0 Å². The van der Waals surface area contributed by atoms with E-state index in [0.29, 0.717) is 0 Å². The summed E-state index contributed by atoms with van der Waals surface area (Å²) in [5.41, 5.74) is 5.10. The van der Waals surface area contributed by atoms with E-state index in [1.165, 1.54) is 22.4 Å². The van der Waals surface area contributed by atoms with Crippen LogP contribution in [-0.2, 0) is 13.5 Å². The van der Waals surface area contributed by atoms with Crippen molar-refractivity contribution < 1.29 is 0 Å². The highest BCUT2D eigenvalue weighted by molar-refractivity contribution is 5.34. The summed E-state index contributed by atoms with van der Waals surface area (Å²) in [7, 11) is 3.97. The molecule has 1 aromatic heterocycles. The van der Waals surface area contributed by atoms with E-state index < -0.39 is 0 Å². The Morgan fingerprint density at radius 3 is 2.39 bits per heavy atom. The maximum absolute atomic E-state index is 4.32. The smallest absolute Gasteiger partial charge is 0.0608 e. The summed E-state index contributed by atoms with van der Waals surface area (Å²) in [6.45, 7) is 4.28. The molecule has 3 nitrogen and oxygen atoms in total. The van der Waals surface area contributed by atoms with Gasteiger partial charge in [-0.05, 0) is 31.5 Å². The first-order valence-electron chi connectivity index (χ1n) is 6.42. The number of aryl methyl sites for hydroxylation is 2. The summed E-state index contributed by atoms with van der Waals surface area (Å²) in [4.78, 5) is 0. The molecule has 0 amide bonds. The Balaban J connectivity index is 2.35. The minimum Gasteiger partial charge on any atom is -0.309 e. The molecular weight excluding hydrogens is 222 g/mol. The van der Waals surface area contributed by atoms with Crippen LogP contribution in [0.25, 0.3) is 0 Å². The Morgan fingerprint density at radius 1 is 1.28 bits per heavy atom. The Morgan fingerprint density at radius 2 is 1.94 bits per heavy atom. The van der Waals surface area contributed by atoms with Gasteiger partial charge in [0.25, 0.3) is 0 Å². The van der Waals surface area contributed by atoms with E-state index in [9.17, 15) is 0 Å². The molecule has 1 aromatic carbocycles. The number of rotatable bonds is 4. The van der Waals surface area contributed by atoms with Gasteiger partial charge in [0, 0.05) is 18.3 Å². The largest absolute Gasteiger partial charge is 0.309 e. The monoisotopic (exact) mass is 243 g/mol. The first-order valence-corrected chi connectivity index (χ1v) is 6.42. The zero-order chi connectivity index (χ0) is 13.1. The van der Waals surface area contributed by atoms with E-state index in [1.54, 1.807) is 0 Å². The van der Waals surface area contributed by atoms with Crippen LogP contribution in [0.5, 0.6) is 0 Å². The topological polar surface area (TPSA) is 29.9 Å². The second-order valence-corrected chi connectivity index (χ2v) is 4.63. The highest BCUT2D eigenvalue weighted by Gasteiger charge is 2.16. The van der Waals surface area contributed by atoms with E-state index in [0.717, 1.165) is 6.42 Å². The predicted molar refractivity (Wildman–Crippen MR) is 74.7 cm³/mol. The van der Waals surface area contributed by atoms with E-state index in [4.69, 9.17) is 0 Å². The quantitative estimate of drug-likeness (QED) is 0.894. The lowest BCUT2D eigenvalue weighted by Gasteiger charge is -2.17. The molecule has 1 unspecified atom stereocenters. The Labute approximate surface area is 109 Å². The molecule has 0 spiro atoms. The fraction of sp³-hybridized carbons (Fsp3) is 0.400. The molecule has 0 fully saturated rings. The molecule has 0 aliphatic carbocycles. The van der Waals surface area contributed by atoms with E-state index >= 15 is 0 Å². The van der Waals surface area contributed by atoms with Gasteiger partial charge >= 0.3 is 0 Å². The molecule has 96 valence electrons. The van der Waals surface area contributed by atoms with Crippen molar-refractivity contribution in [3.05, 3.63) is 52.8 Å². The molecule has 0 radical (unpaired) electrons. The molecule has 0 bridgehead atoms.